The number of guanidine groups is 1. The number of urea groups is 1. The van der Waals surface area contributed by atoms with Gasteiger partial charge in [0.2, 0.25) is 5.95 Å². The molecule has 0 radical (unpaired) electrons. The summed E-state index contributed by atoms with van der Waals surface area (Å²) in [5, 5.41) is 22.7. The van der Waals surface area contributed by atoms with Gasteiger partial charge in [-0.3, -0.25) is 18.9 Å². The average molecular weight is 546 g/mol. The van der Waals surface area contributed by atoms with E-state index in [1.165, 1.54) is 10.9 Å². The van der Waals surface area contributed by atoms with Crippen molar-refractivity contribution in [3.05, 3.63) is 16.7 Å². The van der Waals surface area contributed by atoms with Crippen molar-refractivity contribution >= 4 is 36.9 Å². The summed E-state index contributed by atoms with van der Waals surface area (Å²) in [6.45, 7) is -0.977. The number of carbonyl (C=O) groups is 1. The Morgan fingerprint density at radius 3 is 2.86 bits per heavy atom. The third kappa shape index (κ3) is 6.40. The number of nitrogens with one attached hydrogen (secondary N) is 2. The van der Waals surface area contributed by atoms with E-state index in [1.54, 1.807) is 0 Å². The van der Waals surface area contributed by atoms with Gasteiger partial charge in [-0.05, 0) is 0 Å². The molecule has 2 aromatic rings. The maximum absolute atomic E-state index is 12.4. The predicted octanol–water partition coefficient (Wildman–Crippen LogP) is -3.69. The number of fused-ring (bicyclic) bond motifs is 1. The van der Waals surface area contributed by atoms with E-state index in [9.17, 15) is 29.3 Å². The van der Waals surface area contributed by atoms with Crippen LogP contribution in [0.4, 0.5) is 10.7 Å². The fourth-order valence-electron chi connectivity index (χ4n) is 3.81. The molecular weight excluding hydrogens is 521 g/mol. The number of nitrogens with zero attached hydrogens (tertiary/aromatic N) is 4. The van der Waals surface area contributed by atoms with Gasteiger partial charge in [0.1, 0.15) is 24.7 Å². The molecule has 2 amide bonds. The largest absolute Gasteiger partial charge is 0.756 e. The van der Waals surface area contributed by atoms with Gasteiger partial charge >= 0.3 is 6.03 Å². The van der Waals surface area contributed by atoms with E-state index in [0.717, 1.165) is 0 Å². The minimum Gasteiger partial charge on any atom is -0.756 e. The number of phosphoric ester groups is 1. The Labute approximate surface area is 207 Å². The number of aromatic nitrogens is 4. The lowest BCUT2D eigenvalue weighted by Gasteiger charge is -2.36. The molecule has 0 aliphatic carbocycles. The molecule has 2 saturated heterocycles. The number of hydrogen-bond acceptors (Lipinski definition) is 13. The van der Waals surface area contributed by atoms with Crippen LogP contribution >= 0.6 is 7.82 Å². The Hall–Kier alpha value is -3.16. The Morgan fingerprint density at radius 2 is 2.14 bits per heavy atom. The number of aliphatic imine (C=N–C) groups is 1. The standard InChI is InChI=1S/C17H26N9O10P/c18-15(19)25-17(30)22-10-2-8(7(28)3-33-10)36-37(31,32)34-4-9-6(27)1-11(35-9)26-5-21-12-13(26)23-16(20)24-14(12)29/h5-11,27-28H,1-4H2,(H,31,32)(H3,20,23,24,29)(H5,18,19,22,25,30)/p-1/t6-,7+,8-,9+,10+,11+/m0/s1. The first-order chi connectivity index (χ1) is 17.4. The van der Waals surface area contributed by atoms with E-state index in [1.807, 2.05) is 0 Å². The van der Waals surface area contributed by atoms with Crippen molar-refractivity contribution in [3.8, 4) is 0 Å². The van der Waals surface area contributed by atoms with Crippen LogP contribution in [0, 0.1) is 0 Å². The number of imidazole rings is 1. The van der Waals surface area contributed by atoms with Crippen LogP contribution in [0.3, 0.4) is 0 Å². The van der Waals surface area contributed by atoms with Gasteiger partial charge in [-0.15, -0.1) is 0 Å². The molecular formula is C17H25N9O10P-. The van der Waals surface area contributed by atoms with E-state index < -0.39 is 68.9 Å². The quantitative estimate of drug-likeness (QED) is 0.0998. The minimum atomic E-state index is -5.02. The zero-order valence-corrected chi connectivity index (χ0v) is 19.9. The number of phosphoric acid groups is 1. The van der Waals surface area contributed by atoms with Crippen LogP contribution in [-0.4, -0.2) is 85.6 Å². The van der Waals surface area contributed by atoms with E-state index in [0.29, 0.717) is 0 Å². The van der Waals surface area contributed by atoms with Crippen LogP contribution in [0.5, 0.6) is 0 Å². The van der Waals surface area contributed by atoms with E-state index in [4.69, 9.17) is 35.7 Å². The molecule has 19 nitrogen and oxygen atoms in total. The van der Waals surface area contributed by atoms with Crippen molar-refractivity contribution in [2.45, 2.75) is 49.7 Å². The second-order valence-corrected chi connectivity index (χ2v) is 9.57. The van der Waals surface area contributed by atoms with Gasteiger partial charge in [0, 0.05) is 12.8 Å². The first-order valence-corrected chi connectivity index (χ1v) is 12.3. The number of rotatable bonds is 7. The number of carbonyl (C=O) groups excluding carboxylic acids is 1. The monoisotopic (exact) mass is 546 g/mol. The number of nitrogens with two attached hydrogens (primary N) is 3. The van der Waals surface area contributed by atoms with Gasteiger partial charge < -0.3 is 56.1 Å². The smallest absolute Gasteiger partial charge is 0.346 e. The lowest BCUT2D eigenvalue weighted by atomic mass is 10.1. The molecule has 2 fully saturated rings. The summed E-state index contributed by atoms with van der Waals surface area (Å²) in [5.74, 6) is -0.636. The van der Waals surface area contributed by atoms with Crippen molar-refractivity contribution in [3.63, 3.8) is 0 Å². The molecule has 4 heterocycles. The van der Waals surface area contributed by atoms with Crippen LogP contribution < -0.4 is 33.0 Å². The lowest BCUT2D eigenvalue weighted by molar-refractivity contribution is -0.241. The fraction of sp³-hybridized carbons (Fsp3) is 0.588. The number of aliphatic hydroxyl groups is 2. The lowest BCUT2D eigenvalue weighted by Crippen LogP contribution is -2.49. The normalized spacial score (nSPS) is 29.6. The van der Waals surface area contributed by atoms with Crippen molar-refractivity contribution in [2.24, 2.45) is 16.5 Å². The van der Waals surface area contributed by atoms with E-state index >= 15 is 0 Å². The van der Waals surface area contributed by atoms with Crippen LogP contribution in [0.25, 0.3) is 11.2 Å². The maximum Gasteiger partial charge on any atom is 0.346 e. The Balaban J connectivity index is 1.34. The van der Waals surface area contributed by atoms with E-state index in [2.05, 4.69) is 25.3 Å². The second-order valence-electron chi connectivity index (χ2n) is 8.21. The highest BCUT2D eigenvalue weighted by Gasteiger charge is 2.38. The van der Waals surface area contributed by atoms with Crippen molar-refractivity contribution < 1.29 is 43.0 Å². The maximum atomic E-state index is 12.4. The Morgan fingerprint density at radius 1 is 1.38 bits per heavy atom. The summed E-state index contributed by atoms with van der Waals surface area (Å²) in [7, 11) is -5.02. The highest BCUT2D eigenvalue weighted by Crippen LogP contribution is 2.43. The molecule has 2 aliphatic rings. The first kappa shape index (κ1) is 26.9. The molecule has 37 heavy (non-hydrogen) atoms. The topological polar surface area (TPSA) is 301 Å². The van der Waals surface area contributed by atoms with Crippen molar-refractivity contribution in [1.29, 1.82) is 0 Å². The molecule has 2 aromatic heterocycles. The second kappa shape index (κ2) is 10.7. The van der Waals surface area contributed by atoms with Crippen molar-refractivity contribution in [1.82, 2.24) is 24.8 Å². The van der Waals surface area contributed by atoms with Gasteiger partial charge in [0.15, 0.2) is 17.1 Å². The van der Waals surface area contributed by atoms with Crippen LogP contribution in [0.15, 0.2) is 16.1 Å². The highest BCUT2D eigenvalue weighted by molar-refractivity contribution is 7.45. The minimum absolute atomic E-state index is 0.00672. The number of aromatic amines is 1. The number of anilines is 1. The summed E-state index contributed by atoms with van der Waals surface area (Å²) in [5.41, 5.74) is 15.4. The summed E-state index contributed by atoms with van der Waals surface area (Å²) in [6.07, 6.45) is -5.80. The number of nitrogen functional groups attached to an aromatic ring is 1. The summed E-state index contributed by atoms with van der Waals surface area (Å²) in [4.78, 5) is 49.6. The van der Waals surface area contributed by atoms with Crippen LogP contribution in [0.1, 0.15) is 19.1 Å². The van der Waals surface area contributed by atoms with Gasteiger partial charge in [0.25, 0.3) is 13.4 Å². The third-order valence-corrected chi connectivity index (χ3v) is 6.48. The summed E-state index contributed by atoms with van der Waals surface area (Å²) in [6, 6.07) is -0.934. The van der Waals surface area contributed by atoms with Gasteiger partial charge in [-0.1, -0.05) is 0 Å². The van der Waals surface area contributed by atoms with Crippen molar-refractivity contribution in [2.75, 3.05) is 18.9 Å². The fourth-order valence-corrected chi connectivity index (χ4v) is 4.76. The first-order valence-electron chi connectivity index (χ1n) is 10.8. The number of H-pyrrole nitrogens is 1. The molecule has 1 unspecified atom stereocenters. The molecule has 4 rings (SSSR count). The molecule has 7 atom stereocenters. The third-order valence-electron chi connectivity index (χ3n) is 5.49. The number of amides is 2. The predicted molar refractivity (Wildman–Crippen MR) is 120 cm³/mol. The SMILES string of the molecule is NC(N)=NC(=O)N[C@H]1C[C@H](OP(=O)([O-])OC[C@H]2O[C@@H](n3cnc4c(=O)[nH]c(N)nc43)C[C@@H]2O)[C@H](O)CO1. The number of ether oxygens (including phenoxy) is 2. The zero-order valence-electron chi connectivity index (χ0n) is 19.0. The van der Waals surface area contributed by atoms with E-state index in [-0.39, 0.29) is 36.6 Å². The van der Waals surface area contributed by atoms with Gasteiger partial charge in [-0.25, -0.2) is 9.78 Å². The number of hydrogen-bond donors (Lipinski definition) is 7. The zero-order chi connectivity index (χ0) is 26.9. The Bertz CT molecular complexity index is 1280. The van der Waals surface area contributed by atoms with Crippen LogP contribution in [0.2, 0.25) is 0 Å². The molecule has 0 saturated carbocycles. The van der Waals surface area contributed by atoms with Crippen LogP contribution in [-0.2, 0) is 23.1 Å². The summed E-state index contributed by atoms with van der Waals surface area (Å²) < 4.78 is 34.5. The highest BCUT2D eigenvalue weighted by atomic mass is 31.2. The Kier molecular flexibility index (Phi) is 7.76. The van der Waals surface area contributed by atoms with Gasteiger partial charge in [-0.2, -0.15) is 9.98 Å². The summed E-state index contributed by atoms with van der Waals surface area (Å²) >= 11 is 0. The molecule has 0 aromatic carbocycles. The molecule has 10 N–H and O–H groups in total. The number of aliphatic hydroxyl groups excluding tert-OH is 2. The van der Waals surface area contributed by atoms with Gasteiger partial charge in [0.05, 0.1) is 31.7 Å². The average Bonchev–Trinajstić information content (AvgIpc) is 3.37. The molecule has 0 bridgehead atoms. The molecule has 20 heteroatoms. The molecule has 0 spiro atoms. The molecule has 2 aliphatic heterocycles. The molecule has 204 valence electrons.